The molecule has 0 aliphatic heterocycles. The number of hydrogen-bond donors (Lipinski definition) is 2. The molecule has 8 heteroatoms. The zero-order valence-corrected chi connectivity index (χ0v) is 13.9. The number of benzene rings is 1. The van der Waals surface area contributed by atoms with Gasteiger partial charge in [0, 0.05) is 27.2 Å². The van der Waals surface area contributed by atoms with E-state index in [2.05, 4.69) is 25.1 Å². The summed E-state index contributed by atoms with van der Waals surface area (Å²) in [5, 5.41) is 7.41. The number of nitrogens with two attached hydrogens (primary N) is 1. The number of nitrogens with one attached hydrogen (secondary N) is 1. The minimum Gasteiger partial charge on any atom is -0.368 e. The molecule has 2 aromatic heterocycles. The average Bonchev–Trinajstić information content (AvgIpc) is 3.05. The second-order valence-electron chi connectivity index (χ2n) is 5.67. The molecule has 2 heterocycles. The number of hydrogen-bond acceptors (Lipinski definition) is 7. The molecule has 0 fully saturated rings. The van der Waals surface area contributed by atoms with E-state index in [-0.39, 0.29) is 5.95 Å². The highest BCUT2D eigenvalue weighted by molar-refractivity contribution is 5.62. The van der Waals surface area contributed by atoms with Crippen LogP contribution in [0.4, 0.5) is 17.7 Å². The Bertz CT molecular complexity index is 812. The molecule has 0 radical (unpaired) electrons. The number of nitrogen functional groups attached to an aromatic ring is 1. The van der Waals surface area contributed by atoms with Crippen LogP contribution in [0.1, 0.15) is 5.82 Å². The van der Waals surface area contributed by atoms with Gasteiger partial charge in [0.05, 0.1) is 12.2 Å². The number of rotatable bonds is 5. The van der Waals surface area contributed by atoms with Crippen LogP contribution in [-0.4, -0.2) is 46.3 Å². The third-order valence-corrected chi connectivity index (χ3v) is 3.51. The van der Waals surface area contributed by atoms with Crippen LogP contribution in [0.2, 0.25) is 0 Å². The molecule has 0 unspecified atom stereocenters. The first-order valence-corrected chi connectivity index (χ1v) is 7.52. The second-order valence-corrected chi connectivity index (χ2v) is 5.67. The minimum absolute atomic E-state index is 0.212. The smallest absolute Gasteiger partial charge is 0.229 e. The van der Waals surface area contributed by atoms with Gasteiger partial charge in [0.2, 0.25) is 11.9 Å². The fraction of sp³-hybridized carbons (Fsp3) is 0.250. The topological polar surface area (TPSA) is 99.9 Å². The van der Waals surface area contributed by atoms with E-state index in [1.165, 1.54) is 0 Å². The number of aromatic amines is 1. The molecule has 0 bridgehead atoms. The van der Waals surface area contributed by atoms with Gasteiger partial charge in [-0.2, -0.15) is 20.1 Å². The van der Waals surface area contributed by atoms with Crippen molar-refractivity contribution in [2.45, 2.75) is 6.54 Å². The fourth-order valence-electron chi connectivity index (χ4n) is 2.26. The minimum atomic E-state index is 0.212. The lowest BCUT2D eigenvalue weighted by atomic mass is 10.1. The Morgan fingerprint density at radius 1 is 1.04 bits per heavy atom. The van der Waals surface area contributed by atoms with E-state index >= 15 is 0 Å². The molecule has 0 saturated heterocycles. The van der Waals surface area contributed by atoms with E-state index in [0.717, 1.165) is 17.1 Å². The molecular weight excluding hydrogens is 304 g/mol. The Kier molecular flexibility index (Phi) is 4.28. The zero-order valence-electron chi connectivity index (χ0n) is 13.9. The molecule has 0 saturated carbocycles. The summed E-state index contributed by atoms with van der Waals surface area (Å²) in [7, 11) is 5.66. The van der Waals surface area contributed by atoms with Crippen LogP contribution >= 0.6 is 0 Å². The van der Waals surface area contributed by atoms with Crippen LogP contribution in [0.15, 0.2) is 36.4 Å². The van der Waals surface area contributed by atoms with Crippen molar-refractivity contribution in [3.05, 3.63) is 42.2 Å². The highest BCUT2D eigenvalue weighted by atomic mass is 15.3. The molecule has 3 aromatic rings. The van der Waals surface area contributed by atoms with Gasteiger partial charge in [-0.1, -0.05) is 30.3 Å². The number of aromatic nitrogens is 5. The van der Waals surface area contributed by atoms with Gasteiger partial charge in [-0.15, -0.1) is 0 Å². The third kappa shape index (κ3) is 3.43. The summed E-state index contributed by atoms with van der Waals surface area (Å²) in [6.07, 6.45) is 0. The molecular formula is C16H20N8. The van der Waals surface area contributed by atoms with Crippen molar-refractivity contribution in [1.82, 2.24) is 25.1 Å². The van der Waals surface area contributed by atoms with Crippen molar-refractivity contribution in [2.24, 2.45) is 0 Å². The SMILES string of the molecule is CN(C)c1nc(N)nc(CN(C)c2cc(-c3ccccc3)[nH]n2)n1. The van der Waals surface area contributed by atoms with Gasteiger partial charge in [-0.05, 0) is 5.56 Å². The van der Waals surface area contributed by atoms with Crippen molar-refractivity contribution >= 4 is 17.7 Å². The van der Waals surface area contributed by atoms with Gasteiger partial charge in [0.15, 0.2) is 11.6 Å². The second kappa shape index (κ2) is 6.53. The van der Waals surface area contributed by atoms with Crippen LogP contribution < -0.4 is 15.5 Å². The molecule has 0 aliphatic carbocycles. The van der Waals surface area contributed by atoms with E-state index in [9.17, 15) is 0 Å². The molecule has 0 amide bonds. The van der Waals surface area contributed by atoms with Gasteiger partial charge < -0.3 is 15.5 Å². The van der Waals surface area contributed by atoms with Gasteiger partial charge >= 0.3 is 0 Å². The van der Waals surface area contributed by atoms with Gasteiger partial charge in [0.1, 0.15) is 0 Å². The standard InChI is InChI=1S/C16H20N8/c1-23(2)16-19-13(18-15(17)20-16)10-24(3)14-9-12(21-22-14)11-7-5-4-6-8-11/h4-9H,10H2,1-3H3,(H,21,22)(H2,17,18,19,20). The van der Waals surface area contributed by atoms with Gasteiger partial charge in [-0.25, -0.2) is 0 Å². The molecule has 8 nitrogen and oxygen atoms in total. The lowest BCUT2D eigenvalue weighted by molar-refractivity contribution is 0.801. The van der Waals surface area contributed by atoms with E-state index in [4.69, 9.17) is 5.73 Å². The van der Waals surface area contributed by atoms with Crippen molar-refractivity contribution in [3.8, 4) is 11.3 Å². The Hall–Kier alpha value is -3.16. The molecule has 0 spiro atoms. The van der Waals surface area contributed by atoms with Crippen LogP contribution in [0.25, 0.3) is 11.3 Å². The summed E-state index contributed by atoms with van der Waals surface area (Å²) in [5.41, 5.74) is 7.81. The number of H-pyrrole nitrogens is 1. The summed E-state index contributed by atoms with van der Waals surface area (Å²) in [6, 6.07) is 12.0. The normalized spacial score (nSPS) is 10.6. The summed E-state index contributed by atoms with van der Waals surface area (Å²) in [6.45, 7) is 0.479. The summed E-state index contributed by atoms with van der Waals surface area (Å²) < 4.78 is 0. The van der Waals surface area contributed by atoms with Crippen LogP contribution in [0.5, 0.6) is 0 Å². The largest absolute Gasteiger partial charge is 0.368 e. The van der Waals surface area contributed by atoms with E-state index in [1.807, 2.05) is 62.4 Å². The molecule has 1 aromatic carbocycles. The first-order chi connectivity index (χ1) is 11.5. The maximum absolute atomic E-state index is 5.76. The highest BCUT2D eigenvalue weighted by Crippen LogP contribution is 2.21. The highest BCUT2D eigenvalue weighted by Gasteiger charge is 2.12. The van der Waals surface area contributed by atoms with Gasteiger partial charge in [-0.3, -0.25) is 5.10 Å². The molecule has 24 heavy (non-hydrogen) atoms. The molecule has 3 rings (SSSR count). The fourth-order valence-corrected chi connectivity index (χ4v) is 2.26. The maximum atomic E-state index is 5.76. The Morgan fingerprint density at radius 3 is 2.50 bits per heavy atom. The lowest BCUT2D eigenvalue weighted by Gasteiger charge is -2.16. The first kappa shape index (κ1) is 15.7. The van der Waals surface area contributed by atoms with Crippen molar-refractivity contribution in [3.63, 3.8) is 0 Å². The van der Waals surface area contributed by atoms with Crippen LogP contribution in [0, 0.1) is 0 Å². The Balaban J connectivity index is 1.78. The summed E-state index contributed by atoms with van der Waals surface area (Å²) >= 11 is 0. The van der Waals surface area contributed by atoms with Crippen LogP contribution in [0.3, 0.4) is 0 Å². The molecule has 3 N–H and O–H groups in total. The number of nitrogens with zero attached hydrogens (tertiary/aromatic N) is 6. The first-order valence-electron chi connectivity index (χ1n) is 7.52. The maximum Gasteiger partial charge on any atom is 0.229 e. The Morgan fingerprint density at radius 2 is 1.79 bits per heavy atom. The monoisotopic (exact) mass is 324 g/mol. The van der Waals surface area contributed by atoms with Crippen molar-refractivity contribution < 1.29 is 0 Å². The molecule has 0 atom stereocenters. The lowest BCUT2D eigenvalue weighted by Crippen LogP contribution is -2.22. The Labute approximate surface area is 140 Å². The van der Waals surface area contributed by atoms with E-state index < -0.39 is 0 Å². The average molecular weight is 324 g/mol. The predicted molar refractivity (Wildman–Crippen MR) is 94.7 cm³/mol. The summed E-state index contributed by atoms with van der Waals surface area (Å²) in [5.74, 6) is 2.15. The van der Waals surface area contributed by atoms with Crippen molar-refractivity contribution in [2.75, 3.05) is 36.7 Å². The summed E-state index contributed by atoms with van der Waals surface area (Å²) in [4.78, 5) is 16.5. The van der Waals surface area contributed by atoms with Crippen molar-refractivity contribution in [1.29, 1.82) is 0 Å². The quantitative estimate of drug-likeness (QED) is 0.734. The van der Waals surface area contributed by atoms with E-state index in [0.29, 0.717) is 18.3 Å². The third-order valence-electron chi connectivity index (χ3n) is 3.51. The molecule has 124 valence electrons. The zero-order chi connectivity index (χ0) is 17.1. The van der Waals surface area contributed by atoms with E-state index in [1.54, 1.807) is 4.90 Å². The van der Waals surface area contributed by atoms with Gasteiger partial charge in [0.25, 0.3) is 0 Å². The predicted octanol–water partition coefficient (Wildman–Crippen LogP) is 1.55. The van der Waals surface area contributed by atoms with Crippen LogP contribution in [-0.2, 0) is 6.54 Å². The molecule has 0 aliphatic rings. The number of anilines is 3.